The minimum atomic E-state index is -0.884. The summed E-state index contributed by atoms with van der Waals surface area (Å²) in [7, 11) is 0. The first kappa shape index (κ1) is 11.3. The number of fused-ring (bicyclic) bond motifs is 1. The number of ketones is 2. The molecule has 5 heteroatoms. The van der Waals surface area contributed by atoms with Crippen LogP contribution in [0.5, 0.6) is 11.5 Å². The number of phenolic OH excluding ortho intramolecular Hbond substituents is 1. The van der Waals surface area contributed by atoms with E-state index in [9.17, 15) is 19.8 Å². The molecule has 0 fully saturated rings. The van der Waals surface area contributed by atoms with Gasteiger partial charge in [-0.2, -0.15) is 0 Å². The molecule has 0 amide bonds. The predicted molar refractivity (Wildman–Crippen MR) is 58.8 cm³/mol. The van der Waals surface area contributed by atoms with Gasteiger partial charge in [0.1, 0.15) is 11.5 Å². The molecule has 0 atom stereocenters. The Morgan fingerprint density at radius 3 is 2.35 bits per heavy atom. The Bertz CT molecular complexity index is 569. The van der Waals surface area contributed by atoms with E-state index in [0.717, 1.165) is 6.08 Å². The Hall–Kier alpha value is -2.14. The molecule has 2 rings (SSSR count). The zero-order valence-corrected chi connectivity index (χ0v) is 9.02. The summed E-state index contributed by atoms with van der Waals surface area (Å²) in [5.41, 5.74) is 0.208. The first-order valence-corrected chi connectivity index (χ1v) is 4.94. The van der Waals surface area contributed by atoms with Crippen molar-refractivity contribution in [3.8, 4) is 11.5 Å². The molecule has 88 valence electrons. The van der Waals surface area contributed by atoms with Crippen molar-refractivity contribution in [1.82, 2.24) is 0 Å². The van der Waals surface area contributed by atoms with Gasteiger partial charge in [0.2, 0.25) is 11.6 Å². The van der Waals surface area contributed by atoms with Gasteiger partial charge >= 0.3 is 0 Å². The molecule has 0 aromatic heterocycles. The molecular weight excluding hydrogens is 224 g/mol. The van der Waals surface area contributed by atoms with Gasteiger partial charge in [0.15, 0.2) is 0 Å². The van der Waals surface area contributed by atoms with Crippen LogP contribution in [0.1, 0.15) is 27.0 Å². The van der Waals surface area contributed by atoms with Crippen LogP contribution in [0, 0.1) is 6.92 Å². The van der Waals surface area contributed by atoms with Crippen molar-refractivity contribution in [2.24, 2.45) is 0 Å². The SMILES string of the molecule is Cc1c(O)c2c(c(O)c1CO)C(=O)C(=O)C=C2. The van der Waals surface area contributed by atoms with Gasteiger partial charge in [-0.05, 0) is 19.1 Å². The molecule has 0 aliphatic heterocycles. The van der Waals surface area contributed by atoms with E-state index in [4.69, 9.17) is 5.11 Å². The Labute approximate surface area is 96.6 Å². The summed E-state index contributed by atoms with van der Waals surface area (Å²) in [6.07, 6.45) is 2.32. The summed E-state index contributed by atoms with van der Waals surface area (Å²) in [4.78, 5) is 22.8. The minimum Gasteiger partial charge on any atom is -0.507 e. The van der Waals surface area contributed by atoms with E-state index >= 15 is 0 Å². The molecule has 0 spiro atoms. The monoisotopic (exact) mass is 234 g/mol. The third-order valence-corrected chi connectivity index (χ3v) is 2.87. The van der Waals surface area contributed by atoms with Crippen LogP contribution in [-0.2, 0) is 11.4 Å². The third-order valence-electron chi connectivity index (χ3n) is 2.87. The van der Waals surface area contributed by atoms with Gasteiger partial charge in [-0.15, -0.1) is 0 Å². The van der Waals surface area contributed by atoms with Crippen molar-refractivity contribution < 1.29 is 24.9 Å². The van der Waals surface area contributed by atoms with E-state index in [1.165, 1.54) is 13.0 Å². The molecule has 1 aromatic carbocycles. The molecule has 0 saturated heterocycles. The highest BCUT2D eigenvalue weighted by Gasteiger charge is 2.29. The molecule has 1 aliphatic carbocycles. The zero-order chi connectivity index (χ0) is 12.7. The maximum Gasteiger partial charge on any atom is 0.237 e. The molecule has 0 heterocycles. The van der Waals surface area contributed by atoms with Crippen LogP contribution in [0.25, 0.3) is 6.08 Å². The number of benzene rings is 1. The molecule has 17 heavy (non-hydrogen) atoms. The van der Waals surface area contributed by atoms with Crippen molar-refractivity contribution in [2.75, 3.05) is 0 Å². The van der Waals surface area contributed by atoms with E-state index in [2.05, 4.69) is 0 Å². The standard InChI is InChI=1S/C12H10O5/c1-5-7(4-13)11(16)9-6(10(5)15)2-3-8(14)12(9)17/h2-3,13,15-16H,4H2,1H3. The van der Waals surface area contributed by atoms with Crippen LogP contribution in [0.15, 0.2) is 6.08 Å². The number of hydrogen-bond acceptors (Lipinski definition) is 5. The molecule has 5 nitrogen and oxygen atoms in total. The predicted octanol–water partition coefficient (Wildman–Crippen LogP) is 0.677. The lowest BCUT2D eigenvalue weighted by Gasteiger charge is -2.17. The highest BCUT2D eigenvalue weighted by molar-refractivity contribution is 6.50. The fraction of sp³-hybridized carbons (Fsp3) is 0.167. The average Bonchev–Trinajstić information content (AvgIpc) is 2.30. The topological polar surface area (TPSA) is 94.8 Å². The van der Waals surface area contributed by atoms with Crippen molar-refractivity contribution in [3.05, 3.63) is 28.3 Å². The second-order valence-corrected chi connectivity index (χ2v) is 3.77. The van der Waals surface area contributed by atoms with Crippen LogP contribution in [0.2, 0.25) is 0 Å². The van der Waals surface area contributed by atoms with Crippen LogP contribution in [0.4, 0.5) is 0 Å². The Kier molecular flexibility index (Phi) is 2.48. The van der Waals surface area contributed by atoms with Gasteiger partial charge in [0.25, 0.3) is 0 Å². The van der Waals surface area contributed by atoms with Crippen LogP contribution < -0.4 is 0 Å². The molecule has 3 N–H and O–H groups in total. The van der Waals surface area contributed by atoms with Gasteiger partial charge in [-0.1, -0.05) is 0 Å². The number of phenols is 2. The summed E-state index contributed by atoms with van der Waals surface area (Å²) in [5.74, 6) is -2.30. The fourth-order valence-electron chi connectivity index (χ4n) is 1.86. The van der Waals surface area contributed by atoms with Gasteiger partial charge in [0.05, 0.1) is 12.2 Å². The van der Waals surface area contributed by atoms with Gasteiger partial charge in [-0.3, -0.25) is 9.59 Å². The second-order valence-electron chi connectivity index (χ2n) is 3.77. The van der Waals surface area contributed by atoms with Crippen LogP contribution >= 0.6 is 0 Å². The Morgan fingerprint density at radius 2 is 1.76 bits per heavy atom. The minimum absolute atomic E-state index is 0.0534. The molecule has 0 bridgehead atoms. The van der Waals surface area contributed by atoms with E-state index in [0.29, 0.717) is 0 Å². The first-order chi connectivity index (χ1) is 7.99. The quantitative estimate of drug-likeness (QED) is 0.490. The first-order valence-electron chi connectivity index (χ1n) is 4.94. The number of allylic oxidation sites excluding steroid dienone is 1. The van der Waals surface area contributed by atoms with E-state index in [-0.39, 0.29) is 28.0 Å². The average molecular weight is 234 g/mol. The highest BCUT2D eigenvalue weighted by atomic mass is 16.3. The molecule has 1 aliphatic rings. The van der Waals surface area contributed by atoms with E-state index < -0.39 is 23.9 Å². The maximum absolute atomic E-state index is 11.6. The summed E-state index contributed by atoms with van der Waals surface area (Å²) in [6, 6.07) is 0. The molecule has 0 radical (unpaired) electrons. The summed E-state index contributed by atoms with van der Waals surface area (Å²) in [6.45, 7) is 0.985. The Morgan fingerprint density at radius 1 is 1.12 bits per heavy atom. The van der Waals surface area contributed by atoms with Crippen molar-refractivity contribution in [1.29, 1.82) is 0 Å². The smallest absolute Gasteiger partial charge is 0.237 e. The number of aliphatic hydroxyl groups excluding tert-OH is 1. The lowest BCUT2D eigenvalue weighted by Crippen LogP contribution is -2.17. The van der Waals surface area contributed by atoms with Crippen LogP contribution in [0.3, 0.4) is 0 Å². The Balaban J connectivity index is 2.88. The third kappa shape index (κ3) is 1.43. The number of aromatic hydroxyl groups is 2. The summed E-state index contributed by atoms with van der Waals surface area (Å²) >= 11 is 0. The van der Waals surface area contributed by atoms with Crippen molar-refractivity contribution >= 4 is 17.6 Å². The lowest BCUT2D eigenvalue weighted by molar-refractivity contribution is -0.110. The van der Waals surface area contributed by atoms with Gasteiger partial charge in [-0.25, -0.2) is 0 Å². The number of carbonyl (C=O) groups is 2. The summed E-state index contributed by atoms with van der Waals surface area (Å²) in [5, 5.41) is 28.8. The van der Waals surface area contributed by atoms with E-state index in [1.54, 1.807) is 0 Å². The number of Topliss-reactive ketones (excluding diaryl/α,β-unsaturated/α-hetero) is 1. The normalized spacial score (nSPS) is 14.0. The van der Waals surface area contributed by atoms with Crippen molar-refractivity contribution in [2.45, 2.75) is 13.5 Å². The maximum atomic E-state index is 11.6. The molecular formula is C12H10O5. The number of carbonyl (C=O) groups excluding carboxylic acids is 2. The largest absolute Gasteiger partial charge is 0.507 e. The molecule has 1 aromatic rings. The number of aliphatic hydroxyl groups is 1. The number of rotatable bonds is 1. The van der Waals surface area contributed by atoms with E-state index in [1.807, 2.05) is 0 Å². The lowest BCUT2D eigenvalue weighted by atomic mass is 9.89. The second kappa shape index (κ2) is 3.71. The molecule has 0 unspecified atom stereocenters. The van der Waals surface area contributed by atoms with Gasteiger partial charge in [0, 0.05) is 16.7 Å². The fourth-order valence-corrected chi connectivity index (χ4v) is 1.86. The van der Waals surface area contributed by atoms with Gasteiger partial charge < -0.3 is 15.3 Å². The van der Waals surface area contributed by atoms with Crippen molar-refractivity contribution in [3.63, 3.8) is 0 Å². The van der Waals surface area contributed by atoms with Crippen LogP contribution in [-0.4, -0.2) is 26.9 Å². The number of hydrogen-bond donors (Lipinski definition) is 3. The zero-order valence-electron chi connectivity index (χ0n) is 9.02. The molecule has 0 saturated carbocycles. The summed E-state index contributed by atoms with van der Waals surface area (Å²) < 4.78 is 0. The highest BCUT2D eigenvalue weighted by Crippen LogP contribution is 2.39.